The highest BCUT2D eigenvalue weighted by Gasteiger charge is 2.20. The zero-order chi connectivity index (χ0) is 16.5. The molecular weight excluding hydrogens is 300 g/mol. The monoisotopic (exact) mass is 322 g/mol. The standard InChI is InChI=1S/C17H23ClN2O2/c1-17(2,3)22-16(21)20-11-12(8-9-19(4)5)14-10-13(18)6-7-15(14)20/h6-7,10-11H,8-9H2,1-5H3. The van der Waals surface area contributed by atoms with Gasteiger partial charge in [-0.2, -0.15) is 0 Å². The third kappa shape index (κ3) is 4.02. The van der Waals surface area contributed by atoms with Crippen molar-refractivity contribution in [3.63, 3.8) is 0 Å². The lowest BCUT2D eigenvalue weighted by molar-refractivity contribution is 0.0544. The Kier molecular flexibility index (Phi) is 4.83. The lowest BCUT2D eigenvalue weighted by Crippen LogP contribution is -2.26. The van der Waals surface area contributed by atoms with Gasteiger partial charge in [0, 0.05) is 23.2 Å². The fourth-order valence-corrected chi connectivity index (χ4v) is 2.45. The van der Waals surface area contributed by atoms with Crippen LogP contribution in [0.1, 0.15) is 26.3 Å². The largest absolute Gasteiger partial charge is 0.443 e. The molecule has 0 atom stereocenters. The van der Waals surface area contributed by atoms with Crippen molar-refractivity contribution in [3.8, 4) is 0 Å². The minimum Gasteiger partial charge on any atom is -0.443 e. The van der Waals surface area contributed by atoms with Crippen molar-refractivity contribution in [1.82, 2.24) is 9.47 Å². The van der Waals surface area contributed by atoms with Crippen molar-refractivity contribution in [3.05, 3.63) is 35.0 Å². The van der Waals surface area contributed by atoms with E-state index in [1.165, 1.54) is 0 Å². The summed E-state index contributed by atoms with van der Waals surface area (Å²) in [7, 11) is 4.06. The third-order valence-corrected chi connectivity index (χ3v) is 3.50. The average molecular weight is 323 g/mol. The molecule has 0 unspecified atom stereocenters. The fraction of sp³-hybridized carbons (Fsp3) is 0.471. The van der Waals surface area contributed by atoms with Crippen LogP contribution in [0.5, 0.6) is 0 Å². The SMILES string of the molecule is CN(C)CCc1cn(C(=O)OC(C)(C)C)c2ccc(Cl)cc12. The third-order valence-electron chi connectivity index (χ3n) is 3.27. The van der Waals surface area contributed by atoms with Crippen LogP contribution < -0.4 is 0 Å². The second-order valence-electron chi connectivity index (χ2n) is 6.72. The van der Waals surface area contributed by atoms with Crippen LogP contribution in [-0.4, -0.2) is 41.8 Å². The number of hydrogen-bond acceptors (Lipinski definition) is 3. The Balaban J connectivity index is 2.44. The highest BCUT2D eigenvalue weighted by molar-refractivity contribution is 6.31. The summed E-state index contributed by atoms with van der Waals surface area (Å²) in [6.07, 6.45) is 2.34. The van der Waals surface area contributed by atoms with Crippen LogP contribution in [0.2, 0.25) is 5.02 Å². The van der Waals surface area contributed by atoms with E-state index in [1.54, 1.807) is 10.6 Å². The molecular formula is C17H23ClN2O2. The van der Waals surface area contributed by atoms with Crippen LogP contribution >= 0.6 is 11.6 Å². The van der Waals surface area contributed by atoms with E-state index in [4.69, 9.17) is 16.3 Å². The van der Waals surface area contributed by atoms with Gasteiger partial charge in [-0.05, 0) is 65.0 Å². The Hall–Kier alpha value is -1.52. The summed E-state index contributed by atoms with van der Waals surface area (Å²) < 4.78 is 7.05. The van der Waals surface area contributed by atoms with Gasteiger partial charge in [0.25, 0.3) is 0 Å². The van der Waals surface area contributed by atoms with E-state index in [1.807, 2.05) is 53.2 Å². The molecule has 0 N–H and O–H groups in total. The summed E-state index contributed by atoms with van der Waals surface area (Å²) in [5, 5.41) is 1.67. The van der Waals surface area contributed by atoms with Gasteiger partial charge in [-0.25, -0.2) is 4.79 Å². The normalized spacial score (nSPS) is 12.1. The molecule has 0 bridgehead atoms. The lowest BCUT2D eigenvalue weighted by Gasteiger charge is -2.19. The minimum absolute atomic E-state index is 0.365. The molecule has 120 valence electrons. The molecule has 0 radical (unpaired) electrons. The first-order valence-corrected chi connectivity index (χ1v) is 7.73. The van der Waals surface area contributed by atoms with E-state index in [-0.39, 0.29) is 6.09 Å². The van der Waals surface area contributed by atoms with E-state index in [0.717, 1.165) is 29.4 Å². The Morgan fingerprint density at radius 3 is 2.59 bits per heavy atom. The number of ether oxygens (including phenoxy) is 1. The molecule has 0 aliphatic rings. The van der Waals surface area contributed by atoms with Crippen LogP contribution in [0.15, 0.2) is 24.4 Å². The van der Waals surface area contributed by atoms with E-state index in [0.29, 0.717) is 5.02 Å². The zero-order valence-electron chi connectivity index (χ0n) is 13.8. The molecule has 0 saturated carbocycles. The van der Waals surface area contributed by atoms with Crippen LogP contribution in [-0.2, 0) is 11.2 Å². The molecule has 0 fully saturated rings. The molecule has 0 saturated heterocycles. The molecule has 1 aromatic heterocycles. The molecule has 1 aromatic carbocycles. The number of carbonyl (C=O) groups is 1. The summed E-state index contributed by atoms with van der Waals surface area (Å²) in [5.41, 5.74) is 1.40. The summed E-state index contributed by atoms with van der Waals surface area (Å²) in [5.74, 6) is 0. The molecule has 22 heavy (non-hydrogen) atoms. The summed E-state index contributed by atoms with van der Waals surface area (Å²) in [6, 6.07) is 5.56. The smallest absolute Gasteiger partial charge is 0.419 e. The first kappa shape index (κ1) is 16.8. The Morgan fingerprint density at radius 2 is 2.00 bits per heavy atom. The highest BCUT2D eigenvalue weighted by Crippen LogP contribution is 2.26. The summed E-state index contributed by atoms with van der Waals surface area (Å²) in [6.45, 7) is 6.49. The number of rotatable bonds is 3. The van der Waals surface area contributed by atoms with Gasteiger partial charge in [-0.15, -0.1) is 0 Å². The number of carbonyl (C=O) groups excluding carboxylic acids is 1. The number of fused-ring (bicyclic) bond motifs is 1. The quantitative estimate of drug-likeness (QED) is 0.850. The fourth-order valence-electron chi connectivity index (χ4n) is 2.28. The van der Waals surface area contributed by atoms with Crippen molar-refractivity contribution in [2.75, 3.05) is 20.6 Å². The van der Waals surface area contributed by atoms with E-state index < -0.39 is 5.60 Å². The predicted molar refractivity (Wildman–Crippen MR) is 90.8 cm³/mol. The molecule has 2 rings (SSSR count). The van der Waals surface area contributed by atoms with Gasteiger partial charge >= 0.3 is 6.09 Å². The maximum absolute atomic E-state index is 12.4. The molecule has 0 aliphatic heterocycles. The maximum atomic E-state index is 12.4. The molecule has 5 heteroatoms. The number of nitrogens with zero attached hydrogens (tertiary/aromatic N) is 2. The summed E-state index contributed by atoms with van der Waals surface area (Å²) >= 11 is 6.11. The van der Waals surface area contributed by atoms with Gasteiger partial charge in [-0.3, -0.25) is 4.57 Å². The van der Waals surface area contributed by atoms with Crippen molar-refractivity contribution in [1.29, 1.82) is 0 Å². The van der Waals surface area contributed by atoms with Crippen molar-refractivity contribution in [2.24, 2.45) is 0 Å². The first-order valence-electron chi connectivity index (χ1n) is 7.35. The number of benzene rings is 1. The van der Waals surface area contributed by atoms with Crippen LogP contribution in [0, 0.1) is 0 Å². The topological polar surface area (TPSA) is 34.5 Å². The molecule has 0 spiro atoms. The van der Waals surface area contributed by atoms with E-state index in [9.17, 15) is 4.79 Å². The van der Waals surface area contributed by atoms with Gasteiger partial charge in [0.1, 0.15) is 5.60 Å². The van der Waals surface area contributed by atoms with Gasteiger partial charge in [0.2, 0.25) is 0 Å². The number of likely N-dealkylation sites (N-methyl/N-ethyl adjacent to an activating group) is 1. The highest BCUT2D eigenvalue weighted by atomic mass is 35.5. The number of hydrogen-bond donors (Lipinski definition) is 0. The second kappa shape index (κ2) is 6.31. The van der Waals surface area contributed by atoms with Gasteiger partial charge in [0.15, 0.2) is 0 Å². The van der Waals surface area contributed by atoms with Gasteiger partial charge < -0.3 is 9.64 Å². The van der Waals surface area contributed by atoms with Gasteiger partial charge in [0.05, 0.1) is 5.52 Å². The predicted octanol–water partition coefficient (Wildman–Crippen LogP) is 4.18. The van der Waals surface area contributed by atoms with Crippen molar-refractivity contribution >= 4 is 28.6 Å². The second-order valence-corrected chi connectivity index (χ2v) is 7.16. The van der Waals surface area contributed by atoms with Crippen LogP contribution in [0.4, 0.5) is 4.79 Å². The minimum atomic E-state index is -0.524. The molecule has 4 nitrogen and oxygen atoms in total. The summed E-state index contributed by atoms with van der Waals surface area (Å²) in [4.78, 5) is 14.5. The van der Waals surface area contributed by atoms with Gasteiger partial charge in [-0.1, -0.05) is 11.6 Å². The Morgan fingerprint density at radius 1 is 1.32 bits per heavy atom. The Bertz CT molecular complexity index is 684. The molecule has 0 aliphatic carbocycles. The molecule has 1 heterocycles. The lowest BCUT2D eigenvalue weighted by atomic mass is 10.1. The number of aromatic nitrogens is 1. The Labute approximate surface area is 136 Å². The van der Waals surface area contributed by atoms with E-state index >= 15 is 0 Å². The molecule has 0 amide bonds. The molecule has 2 aromatic rings. The van der Waals surface area contributed by atoms with Crippen LogP contribution in [0.25, 0.3) is 10.9 Å². The number of halogens is 1. The van der Waals surface area contributed by atoms with Crippen molar-refractivity contribution in [2.45, 2.75) is 32.8 Å². The average Bonchev–Trinajstić information content (AvgIpc) is 2.72. The van der Waals surface area contributed by atoms with Crippen LogP contribution in [0.3, 0.4) is 0 Å². The van der Waals surface area contributed by atoms with E-state index in [2.05, 4.69) is 4.90 Å². The maximum Gasteiger partial charge on any atom is 0.419 e. The van der Waals surface area contributed by atoms with Crippen molar-refractivity contribution < 1.29 is 9.53 Å². The first-order chi connectivity index (χ1) is 10.2. The zero-order valence-corrected chi connectivity index (χ0v) is 14.6.